The molecule has 126 valence electrons. The monoisotopic (exact) mass is 365 g/mol. The second-order valence-corrected chi connectivity index (χ2v) is 6.50. The van der Waals surface area contributed by atoms with Crippen LogP contribution in [0.25, 0.3) is 11.2 Å². The topological polar surface area (TPSA) is 166 Å². The Morgan fingerprint density at radius 2 is 2.26 bits per heavy atom. The Bertz CT molecular complexity index is 780. The molecule has 0 amide bonds. The first-order valence-electron chi connectivity index (χ1n) is 6.44. The molecule has 1 aliphatic heterocycles. The highest BCUT2D eigenvalue weighted by atomic mass is 35.5. The van der Waals surface area contributed by atoms with Gasteiger partial charge >= 0.3 is 7.82 Å². The van der Waals surface area contributed by atoms with Gasteiger partial charge in [-0.05, 0) is 11.6 Å². The molecular formula is C10H13ClN5O6P. The van der Waals surface area contributed by atoms with Gasteiger partial charge in [0.2, 0.25) is 5.28 Å². The number of hydrogen-bond donors (Lipinski definition) is 4. The number of rotatable bonds is 4. The van der Waals surface area contributed by atoms with E-state index in [2.05, 4.69) is 19.5 Å². The van der Waals surface area contributed by atoms with Crippen LogP contribution in [-0.4, -0.2) is 53.2 Å². The number of hydrogen-bond acceptors (Lipinski definition) is 8. The van der Waals surface area contributed by atoms with E-state index in [1.807, 2.05) is 0 Å². The van der Waals surface area contributed by atoms with Crippen LogP contribution >= 0.6 is 19.4 Å². The molecule has 0 spiro atoms. The molecule has 3 heterocycles. The van der Waals surface area contributed by atoms with Crippen LogP contribution in [-0.2, 0) is 13.8 Å². The second kappa shape index (κ2) is 5.95. The molecule has 2 aromatic rings. The minimum Gasteiger partial charge on any atom is -0.390 e. The summed E-state index contributed by atoms with van der Waals surface area (Å²) in [6, 6.07) is 0. The predicted molar refractivity (Wildman–Crippen MR) is 77.3 cm³/mol. The van der Waals surface area contributed by atoms with Crippen LogP contribution in [0.3, 0.4) is 0 Å². The minimum absolute atomic E-state index is 0.0586. The van der Waals surface area contributed by atoms with Crippen molar-refractivity contribution in [3.63, 3.8) is 0 Å². The van der Waals surface area contributed by atoms with Gasteiger partial charge in [0.25, 0.3) is 0 Å². The van der Waals surface area contributed by atoms with Gasteiger partial charge in [-0.3, -0.25) is 9.09 Å². The van der Waals surface area contributed by atoms with Crippen molar-refractivity contribution in [1.29, 1.82) is 0 Å². The minimum atomic E-state index is -4.64. The molecule has 0 saturated carbocycles. The normalized spacial score (nSPS) is 25.3. The van der Waals surface area contributed by atoms with Crippen LogP contribution in [0.1, 0.15) is 12.6 Å². The van der Waals surface area contributed by atoms with E-state index in [9.17, 15) is 9.67 Å². The molecule has 0 radical (unpaired) electrons. The number of nitrogens with zero attached hydrogens (tertiary/aromatic N) is 4. The fourth-order valence-electron chi connectivity index (χ4n) is 2.33. The fraction of sp³-hybridized carbons (Fsp3) is 0.500. The standard InChI is InChI=1S/C10H13ClN5O6P/c11-10-14-8(12)7-9(15-10)16(3-13-7)6-1-4(17)5(22-6)2-21-23(18,19)20/h3-6,17H,1-2H2,(H2,12,14,15)(H2,18,19,20)/t4?,5-,6-/m1/s1. The van der Waals surface area contributed by atoms with E-state index in [4.69, 9.17) is 31.9 Å². The molecule has 3 atom stereocenters. The lowest BCUT2D eigenvalue weighted by Gasteiger charge is -2.16. The summed E-state index contributed by atoms with van der Waals surface area (Å²) in [5.74, 6) is 0.110. The van der Waals surface area contributed by atoms with Gasteiger partial charge in [0.15, 0.2) is 11.5 Å². The number of aromatic nitrogens is 4. The van der Waals surface area contributed by atoms with Crippen molar-refractivity contribution >= 4 is 36.4 Å². The first-order valence-corrected chi connectivity index (χ1v) is 8.34. The van der Waals surface area contributed by atoms with Crippen LogP contribution in [0.5, 0.6) is 0 Å². The van der Waals surface area contributed by atoms with Crippen molar-refractivity contribution < 1.29 is 28.7 Å². The van der Waals surface area contributed by atoms with E-state index in [1.165, 1.54) is 10.9 Å². The summed E-state index contributed by atoms with van der Waals surface area (Å²) in [5.41, 5.74) is 6.38. The van der Waals surface area contributed by atoms with Gasteiger partial charge in [-0.25, -0.2) is 9.55 Å². The molecule has 2 aromatic heterocycles. The molecule has 5 N–H and O–H groups in total. The maximum absolute atomic E-state index is 10.7. The largest absolute Gasteiger partial charge is 0.469 e. The van der Waals surface area contributed by atoms with E-state index in [0.717, 1.165) is 0 Å². The number of nitrogen functional groups attached to an aromatic ring is 1. The zero-order chi connectivity index (χ0) is 16.8. The predicted octanol–water partition coefficient (Wildman–Crippen LogP) is -0.180. The summed E-state index contributed by atoms with van der Waals surface area (Å²) < 4.78 is 22.2. The van der Waals surface area contributed by atoms with Crippen LogP contribution in [0, 0.1) is 0 Å². The first-order chi connectivity index (χ1) is 10.7. The van der Waals surface area contributed by atoms with Gasteiger partial charge in [-0.2, -0.15) is 9.97 Å². The smallest absolute Gasteiger partial charge is 0.390 e. The number of anilines is 1. The quantitative estimate of drug-likeness (QED) is 0.421. The van der Waals surface area contributed by atoms with E-state index in [-0.39, 0.29) is 17.5 Å². The van der Waals surface area contributed by atoms with Gasteiger partial charge in [-0.15, -0.1) is 0 Å². The van der Waals surface area contributed by atoms with Crippen molar-refractivity contribution in [2.45, 2.75) is 24.9 Å². The third-order valence-electron chi connectivity index (χ3n) is 3.34. The van der Waals surface area contributed by atoms with E-state index in [1.54, 1.807) is 0 Å². The van der Waals surface area contributed by atoms with Gasteiger partial charge in [0, 0.05) is 6.42 Å². The van der Waals surface area contributed by atoms with Crippen molar-refractivity contribution in [3.05, 3.63) is 11.6 Å². The molecule has 1 aliphatic rings. The second-order valence-electron chi connectivity index (χ2n) is 4.92. The lowest BCUT2D eigenvalue weighted by molar-refractivity contribution is -0.0424. The SMILES string of the molecule is Nc1nc(Cl)nc2c1ncn2[C@H]1CC(O)[C@@H](COP(=O)(O)O)O1. The van der Waals surface area contributed by atoms with Gasteiger partial charge in [0.05, 0.1) is 19.0 Å². The lowest BCUT2D eigenvalue weighted by Crippen LogP contribution is -2.25. The summed E-state index contributed by atoms with van der Waals surface area (Å²) in [4.78, 5) is 29.3. The van der Waals surface area contributed by atoms with Crippen molar-refractivity contribution in [2.24, 2.45) is 0 Å². The Kier molecular flexibility index (Phi) is 4.27. The highest BCUT2D eigenvalue weighted by Crippen LogP contribution is 2.38. The Balaban J connectivity index is 1.82. The van der Waals surface area contributed by atoms with Crippen LogP contribution in [0.4, 0.5) is 5.82 Å². The molecule has 0 aliphatic carbocycles. The maximum Gasteiger partial charge on any atom is 0.469 e. The van der Waals surface area contributed by atoms with Crippen molar-refractivity contribution in [3.8, 4) is 0 Å². The number of aliphatic hydroxyl groups is 1. The number of fused-ring (bicyclic) bond motifs is 1. The van der Waals surface area contributed by atoms with Crippen molar-refractivity contribution in [2.75, 3.05) is 12.3 Å². The highest BCUT2D eigenvalue weighted by Gasteiger charge is 2.37. The summed E-state index contributed by atoms with van der Waals surface area (Å²) in [5, 5.41) is 9.90. The third kappa shape index (κ3) is 3.45. The first kappa shape index (κ1) is 16.5. The zero-order valence-electron chi connectivity index (χ0n) is 11.5. The van der Waals surface area contributed by atoms with Crippen LogP contribution in [0.2, 0.25) is 5.28 Å². The highest BCUT2D eigenvalue weighted by molar-refractivity contribution is 7.46. The van der Waals surface area contributed by atoms with Gasteiger partial charge in [0.1, 0.15) is 17.8 Å². The van der Waals surface area contributed by atoms with Gasteiger partial charge < -0.3 is 25.4 Å². The molecule has 3 rings (SSSR count). The molecule has 1 unspecified atom stereocenters. The molecule has 0 bridgehead atoms. The summed E-state index contributed by atoms with van der Waals surface area (Å²) in [7, 11) is -4.64. The maximum atomic E-state index is 10.7. The molecule has 11 nitrogen and oxygen atoms in total. The number of halogens is 1. The molecule has 13 heteroatoms. The molecular weight excluding hydrogens is 353 g/mol. The zero-order valence-corrected chi connectivity index (χ0v) is 13.1. The molecule has 1 fully saturated rings. The number of nitrogens with two attached hydrogens (primary N) is 1. The van der Waals surface area contributed by atoms with E-state index < -0.39 is 32.9 Å². The Morgan fingerprint density at radius 3 is 2.96 bits per heavy atom. The van der Waals surface area contributed by atoms with Crippen LogP contribution in [0.15, 0.2) is 6.33 Å². The lowest BCUT2D eigenvalue weighted by atomic mass is 10.2. The molecule has 1 saturated heterocycles. The van der Waals surface area contributed by atoms with Gasteiger partial charge in [-0.1, -0.05) is 0 Å². The Labute approximate surface area is 134 Å². The Hall–Kier alpha value is -1.33. The molecule has 23 heavy (non-hydrogen) atoms. The third-order valence-corrected chi connectivity index (χ3v) is 4.00. The Morgan fingerprint density at radius 1 is 1.52 bits per heavy atom. The van der Waals surface area contributed by atoms with E-state index >= 15 is 0 Å². The number of phosphoric ester groups is 1. The van der Waals surface area contributed by atoms with E-state index in [0.29, 0.717) is 11.2 Å². The average Bonchev–Trinajstić information content (AvgIpc) is 2.99. The number of phosphoric acid groups is 1. The number of aliphatic hydroxyl groups excluding tert-OH is 1. The number of imidazole rings is 1. The summed E-state index contributed by atoms with van der Waals surface area (Å²) >= 11 is 5.78. The summed E-state index contributed by atoms with van der Waals surface area (Å²) in [6.07, 6.45) is -0.971. The fourth-order valence-corrected chi connectivity index (χ4v) is 2.84. The van der Waals surface area contributed by atoms with Crippen molar-refractivity contribution in [1.82, 2.24) is 19.5 Å². The molecule has 0 aromatic carbocycles. The van der Waals surface area contributed by atoms with Crippen LogP contribution < -0.4 is 5.73 Å². The summed E-state index contributed by atoms with van der Waals surface area (Å²) in [6.45, 7) is -0.452. The average molecular weight is 366 g/mol. The number of ether oxygens (including phenoxy) is 1.